The van der Waals surface area contributed by atoms with Gasteiger partial charge in [-0.05, 0) is 89.7 Å². The molecule has 0 fully saturated rings. The van der Waals surface area contributed by atoms with E-state index < -0.39 is 0 Å². The highest BCUT2D eigenvalue weighted by molar-refractivity contribution is 9.10. The molecule has 1 aromatic heterocycles. The van der Waals surface area contributed by atoms with Crippen molar-refractivity contribution in [3.63, 3.8) is 0 Å². The maximum absolute atomic E-state index is 12.6. The van der Waals surface area contributed by atoms with Crippen molar-refractivity contribution >= 4 is 83.5 Å². The number of rotatable bonds is 5. The second-order valence-corrected chi connectivity index (χ2v) is 9.40. The summed E-state index contributed by atoms with van der Waals surface area (Å²) in [5.41, 5.74) is 3.00. The van der Waals surface area contributed by atoms with Crippen molar-refractivity contribution < 1.29 is 13.9 Å². The molecule has 3 aromatic carbocycles. The molecule has 0 radical (unpaired) electrons. The topological polar surface area (TPSA) is 76.4 Å². The molecule has 2 N–H and O–H groups in total. The fourth-order valence-electron chi connectivity index (χ4n) is 3.03. The van der Waals surface area contributed by atoms with Gasteiger partial charge in [0.25, 0.3) is 5.91 Å². The number of hydrogen-bond donors (Lipinski definition) is 2. The molecule has 0 aliphatic carbocycles. The third kappa shape index (κ3) is 5.55. The van der Waals surface area contributed by atoms with Crippen molar-refractivity contribution in [3.05, 3.63) is 74.1 Å². The smallest absolute Gasteiger partial charge is 0.257 e. The van der Waals surface area contributed by atoms with Gasteiger partial charge in [0.05, 0.1) is 21.7 Å². The van der Waals surface area contributed by atoms with E-state index in [0.29, 0.717) is 55.7 Å². The molecule has 0 saturated carbocycles. The third-order valence-electron chi connectivity index (χ3n) is 4.53. The molecule has 4 rings (SSSR count). The van der Waals surface area contributed by atoms with Crippen LogP contribution in [0.2, 0.25) is 5.02 Å². The maximum atomic E-state index is 12.6. The van der Waals surface area contributed by atoms with E-state index in [1.807, 2.05) is 19.1 Å². The number of anilines is 1. The molecule has 10 heteroatoms. The molecule has 0 bridgehead atoms. The lowest BCUT2D eigenvalue weighted by atomic mass is 10.2. The largest absolute Gasteiger partial charge is 0.493 e. The minimum Gasteiger partial charge on any atom is -0.493 e. The van der Waals surface area contributed by atoms with E-state index in [0.717, 1.165) is 4.47 Å². The number of carbonyl (C=O) groups excluding carboxylic acids is 1. The molecule has 0 aliphatic heterocycles. The molecular weight excluding hydrogens is 594 g/mol. The summed E-state index contributed by atoms with van der Waals surface area (Å²) in [7, 11) is 0. The zero-order valence-electron chi connectivity index (χ0n) is 17.1. The fourth-order valence-corrected chi connectivity index (χ4v) is 4.30. The Morgan fingerprint density at radius 3 is 2.73 bits per heavy atom. The summed E-state index contributed by atoms with van der Waals surface area (Å²) in [5.74, 6) is 0.731. The molecule has 0 aliphatic rings. The van der Waals surface area contributed by atoms with Gasteiger partial charge in [-0.2, -0.15) is 0 Å². The van der Waals surface area contributed by atoms with Crippen LogP contribution in [0.5, 0.6) is 5.75 Å². The average molecular weight is 610 g/mol. The Morgan fingerprint density at radius 2 is 1.97 bits per heavy atom. The summed E-state index contributed by atoms with van der Waals surface area (Å²) in [6.45, 7) is 2.43. The van der Waals surface area contributed by atoms with E-state index >= 15 is 0 Å². The Labute approximate surface area is 216 Å². The quantitative estimate of drug-likeness (QED) is 0.233. The number of aromatic nitrogens is 1. The van der Waals surface area contributed by atoms with Crippen LogP contribution in [0.4, 0.5) is 5.69 Å². The molecule has 0 unspecified atom stereocenters. The Kier molecular flexibility index (Phi) is 7.33. The summed E-state index contributed by atoms with van der Waals surface area (Å²) >= 11 is 18.4. The van der Waals surface area contributed by atoms with E-state index in [4.69, 9.17) is 33.0 Å². The van der Waals surface area contributed by atoms with Crippen LogP contribution in [-0.4, -0.2) is 22.6 Å². The highest BCUT2D eigenvalue weighted by Gasteiger charge is 2.14. The summed E-state index contributed by atoms with van der Waals surface area (Å²) < 4.78 is 12.9. The predicted molar refractivity (Wildman–Crippen MR) is 141 cm³/mol. The molecule has 0 atom stereocenters. The number of fused-ring (bicyclic) bond motifs is 1. The maximum Gasteiger partial charge on any atom is 0.257 e. The van der Waals surface area contributed by atoms with Crippen molar-refractivity contribution in [2.75, 3.05) is 11.9 Å². The van der Waals surface area contributed by atoms with E-state index in [1.54, 1.807) is 42.5 Å². The summed E-state index contributed by atoms with van der Waals surface area (Å²) in [4.78, 5) is 17.1. The number of benzene rings is 3. The van der Waals surface area contributed by atoms with Gasteiger partial charge in [-0.15, -0.1) is 0 Å². The number of nitrogens with zero attached hydrogens (tertiary/aromatic N) is 1. The third-order valence-corrected chi connectivity index (χ3v) is 6.17. The van der Waals surface area contributed by atoms with Crippen LogP contribution in [0.15, 0.2) is 68.0 Å². The van der Waals surface area contributed by atoms with Crippen LogP contribution >= 0.6 is 55.7 Å². The van der Waals surface area contributed by atoms with E-state index in [1.165, 1.54) is 0 Å². The first-order valence-electron chi connectivity index (χ1n) is 9.74. The number of ether oxygens (including phenoxy) is 1. The van der Waals surface area contributed by atoms with Crippen LogP contribution in [-0.2, 0) is 0 Å². The molecule has 1 amide bonds. The van der Waals surface area contributed by atoms with Gasteiger partial charge in [0.15, 0.2) is 10.7 Å². The molecule has 0 spiro atoms. The molecule has 168 valence electrons. The van der Waals surface area contributed by atoms with Gasteiger partial charge in [0, 0.05) is 15.7 Å². The summed E-state index contributed by atoms with van der Waals surface area (Å²) in [5, 5.41) is 6.36. The Balaban J connectivity index is 1.47. The predicted octanol–water partition coefficient (Wildman–Crippen LogP) is 7.20. The zero-order chi connectivity index (χ0) is 23.5. The average Bonchev–Trinajstić information content (AvgIpc) is 3.20. The van der Waals surface area contributed by atoms with E-state index in [9.17, 15) is 4.79 Å². The molecule has 0 saturated heterocycles. The minimum absolute atomic E-state index is 0.156. The molecule has 6 nitrogen and oxygen atoms in total. The van der Waals surface area contributed by atoms with Crippen LogP contribution in [0.3, 0.4) is 0 Å². The van der Waals surface area contributed by atoms with Crippen molar-refractivity contribution in [2.24, 2.45) is 0 Å². The van der Waals surface area contributed by atoms with E-state index in [2.05, 4.69) is 47.5 Å². The van der Waals surface area contributed by atoms with Gasteiger partial charge in [-0.3, -0.25) is 10.1 Å². The first-order valence-corrected chi connectivity index (χ1v) is 12.1. The lowest BCUT2D eigenvalue weighted by Gasteiger charge is -2.11. The lowest BCUT2D eigenvalue weighted by molar-refractivity contribution is 0.0977. The molecule has 4 aromatic rings. The summed E-state index contributed by atoms with van der Waals surface area (Å²) in [6, 6.07) is 15.9. The number of thiocarbonyl (C=S) groups is 1. The van der Waals surface area contributed by atoms with Gasteiger partial charge >= 0.3 is 0 Å². The number of hydrogen-bond acceptors (Lipinski definition) is 5. The fraction of sp³-hybridized carbons (Fsp3) is 0.0870. The molecular formula is C23H16Br2ClN3O3S. The minimum atomic E-state index is -0.342. The van der Waals surface area contributed by atoms with Crippen LogP contribution in [0, 0.1) is 0 Å². The van der Waals surface area contributed by atoms with Crippen molar-refractivity contribution in [1.29, 1.82) is 0 Å². The molecule has 33 heavy (non-hydrogen) atoms. The first kappa shape index (κ1) is 23.7. The SMILES string of the molecule is CCOc1ccc(C(=O)NC(=S)Nc2ccc3oc(-c4cc(Br)ccc4Cl)nc3c2)cc1Br. The van der Waals surface area contributed by atoms with Crippen molar-refractivity contribution in [2.45, 2.75) is 6.92 Å². The number of carbonyl (C=O) groups is 1. The number of halogens is 3. The van der Waals surface area contributed by atoms with Crippen LogP contribution in [0.25, 0.3) is 22.6 Å². The van der Waals surface area contributed by atoms with Gasteiger partial charge in [-0.25, -0.2) is 4.98 Å². The second-order valence-electron chi connectivity index (χ2n) is 6.81. The highest BCUT2D eigenvalue weighted by atomic mass is 79.9. The normalized spacial score (nSPS) is 10.8. The Hall–Kier alpha value is -2.46. The van der Waals surface area contributed by atoms with Gasteiger partial charge in [0.2, 0.25) is 5.89 Å². The van der Waals surface area contributed by atoms with Crippen molar-refractivity contribution in [1.82, 2.24) is 10.3 Å². The van der Waals surface area contributed by atoms with Crippen LogP contribution < -0.4 is 15.4 Å². The lowest BCUT2D eigenvalue weighted by Crippen LogP contribution is -2.34. The monoisotopic (exact) mass is 607 g/mol. The first-order chi connectivity index (χ1) is 15.8. The zero-order valence-corrected chi connectivity index (χ0v) is 21.9. The Bertz CT molecular complexity index is 1380. The van der Waals surface area contributed by atoms with Gasteiger partial charge < -0.3 is 14.5 Å². The number of oxazole rings is 1. The highest BCUT2D eigenvalue weighted by Crippen LogP contribution is 2.33. The van der Waals surface area contributed by atoms with Gasteiger partial charge in [-0.1, -0.05) is 27.5 Å². The van der Waals surface area contributed by atoms with Gasteiger partial charge in [0.1, 0.15) is 11.3 Å². The number of nitrogens with one attached hydrogen (secondary N) is 2. The standard InChI is InChI=1S/C23H16Br2ClN3O3S/c1-2-31-19-7-3-12(9-16(19)25)21(30)29-23(33)27-14-5-8-20-18(11-14)28-22(32-20)15-10-13(24)4-6-17(15)26/h3-11H,2H2,1H3,(H2,27,29,30,33). The Morgan fingerprint density at radius 1 is 1.15 bits per heavy atom. The van der Waals surface area contributed by atoms with Crippen molar-refractivity contribution in [3.8, 4) is 17.2 Å². The van der Waals surface area contributed by atoms with E-state index in [-0.39, 0.29) is 11.0 Å². The summed E-state index contributed by atoms with van der Waals surface area (Å²) in [6.07, 6.45) is 0. The second kappa shape index (κ2) is 10.2. The van der Waals surface area contributed by atoms with Crippen LogP contribution in [0.1, 0.15) is 17.3 Å². The molecule has 1 heterocycles. The number of amides is 1.